The third-order valence-electron chi connectivity index (χ3n) is 3.49. The zero-order valence-corrected chi connectivity index (χ0v) is 13.2. The van der Waals surface area contributed by atoms with Gasteiger partial charge in [0.1, 0.15) is 18.7 Å². The van der Waals surface area contributed by atoms with E-state index in [-0.39, 0.29) is 5.91 Å². The van der Waals surface area contributed by atoms with Gasteiger partial charge in [-0.1, -0.05) is 24.3 Å². The molecule has 0 aliphatic heterocycles. The molecular formula is C17H17N5O2. The smallest absolute Gasteiger partial charge is 0.253 e. The van der Waals surface area contributed by atoms with Crippen molar-refractivity contribution in [1.82, 2.24) is 25.1 Å². The number of likely N-dealkylation sites (N-methyl/N-ethyl adjacent to an activating group) is 1. The van der Waals surface area contributed by atoms with E-state index in [9.17, 15) is 4.79 Å². The molecule has 0 bridgehead atoms. The van der Waals surface area contributed by atoms with Gasteiger partial charge < -0.3 is 9.64 Å². The minimum absolute atomic E-state index is 0.0819. The topological polar surface area (TPSA) is 73.1 Å². The molecular weight excluding hydrogens is 306 g/mol. The van der Waals surface area contributed by atoms with Crippen LogP contribution in [0, 0.1) is 0 Å². The molecule has 7 heteroatoms. The predicted octanol–water partition coefficient (Wildman–Crippen LogP) is 1.81. The van der Waals surface area contributed by atoms with Gasteiger partial charge in [-0.05, 0) is 40.8 Å². The number of hydrogen-bond acceptors (Lipinski definition) is 5. The van der Waals surface area contributed by atoms with Gasteiger partial charge in [-0.25, -0.2) is 4.68 Å². The SMILES string of the molecule is CN(CCOc1ccccc1)C(=O)c1cccc(-n2cnnn2)c1. The van der Waals surface area contributed by atoms with E-state index in [0.717, 1.165) is 11.4 Å². The molecule has 24 heavy (non-hydrogen) atoms. The second kappa shape index (κ2) is 7.36. The van der Waals surface area contributed by atoms with Gasteiger partial charge in [0.2, 0.25) is 0 Å². The molecule has 1 amide bonds. The van der Waals surface area contributed by atoms with Crippen LogP contribution in [0.3, 0.4) is 0 Å². The van der Waals surface area contributed by atoms with Crippen molar-refractivity contribution in [3.8, 4) is 11.4 Å². The lowest BCUT2D eigenvalue weighted by molar-refractivity contribution is 0.0773. The average molecular weight is 323 g/mol. The fourth-order valence-corrected chi connectivity index (χ4v) is 2.20. The minimum atomic E-state index is -0.0819. The van der Waals surface area contributed by atoms with Crippen LogP contribution in [-0.4, -0.2) is 51.2 Å². The summed E-state index contributed by atoms with van der Waals surface area (Å²) in [5, 5.41) is 11.0. The lowest BCUT2D eigenvalue weighted by Gasteiger charge is -2.18. The molecule has 0 spiro atoms. The maximum absolute atomic E-state index is 12.5. The molecule has 0 aliphatic carbocycles. The van der Waals surface area contributed by atoms with Crippen molar-refractivity contribution in [2.24, 2.45) is 0 Å². The van der Waals surface area contributed by atoms with Crippen molar-refractivity contribution in [2.45, 2.75) is 0 Å². The van der Waals surface area contributed by atoms with Gasteiger partial charge in [0.05, 0.1) is 12.2 Å². The summed E-state index contributed by atoms with van der Waals surface area (Å²) in [7, 11) is 1.75. The van der Waals surface area contributed by atoms with Crippen molar-refractivity contribution in [3.05, 3.63) is 66.5 Å². The summed E-state index contributed by atoms with van der Waals surface area (Å²) < 4.78 is 7.13. The number of hydrogen-bond donors (Lipinski definition) is 0. The molecule has 0 fully saturated rings. The lowest BCUT2D eigenvalue weighted by atomic mass is 10.2. The van der Waals surface area contributed by atoms with Gasteiger partial charge in [0, 0.05) is 12.6 Å². The highest BCUT2D eigenvalue weighted by atomic mass is 16.5. The van der Waals surface area contributed by atoms with Crippen molar-refractivity contribution in [1.29, 1.82) is 0 Å². The van der Waals surface area contributed by atoms with E-state index in [4.69, 9.17) is 4.74 Å². The van der Waals surface area contributed by atoms with Gasteiger partial charge in [-0.2, -0.15) is 0 Å². The maximum Gasteiger partial charge on any atom is 0.253 e. The van der Waals surface area contributed by atoms with Gasteiger partial charge in [-0.15, -0.1) is 5.10 Å². The molecule has 0 N–H and O–H groups in total. The van der Waals surface area contributed by atoms with E-state index >= 15 is 0 Å². The molecule has 122 valence electrons. The third kappa shape index (κ3) is 3.75. The van der Waals surface area contributed by atoms with E-state index < -0.39 is 0 Å². The molecule has 2 aromatic carbocycles. The standard InChI is InChI=1S/C17H17N5O2/c1-21(10-11-24-16-8-3-2-4-9-16)17(23)14-6-5-7-15(12-14)22-13-18-19-20-22/h2-9,12-13H,10-11H2,1H3. The van der Waals surface area contributed by atoms with Crippen LogP contribution in [-0.2, 0) is 0 Å². The van der Waals surface area contributed by atoms with Gasteiger partial charge in [-0.3, -0.25) is 4.79 Å². The zero-order chi connectivity index (χ0) is 16.8. The molecule has 0 unspecified atom stereocenters. The summed E-state index contributed by atoms with van der Waals surface area (Å²) in [4.78, 5) is 14.1. The summed E-state index contributed by atoms with van der Waals surface area (Å²) in [5.41, 5.74) is 1.31. The number of amides is 1. The molecule has 0 saturated heterocycles. The Morgan fingerprint density at radius 3 is 2.75 bits per heavy atom. The predicted molar refractivity (Wildman–Crippen MR) is 88.1 cm³/mol. The van der Waals surface area contributed by atoms with Crippen LogP contribution >= 0.6 is 0 Å². The van der Waals surface area contributed by atoms with Crippen LogP contribution in [0.15, 0.2) is 60.9 Å². The molecule has 1 aromatic heterocycles. The Morgan fingerprint density at radius 2 is 2.00 bits per heavy atom. The van der Waals surface area contributed by atoms with E-state index in [0.29, 0.717) is 18.7 Å². The second-order valence-electron chi connectivity index (χ2n) is 5.19. The van der Waals surface area contributed by atoms with E-state index in [2.05, 4.69) is 15.5 Å². The number of benzene rings is 2. The van der Waals surface area contributed by atoms with Gasteiger partial charge in [0.25, 0.3) is 5.91 Å². The molecule has 0 radical (unpaired) electrons. The van der Waals surface area contributed by atoms with Crippen molar-refractivity contribution in [3.63, 3.8) is 0 Å². The molecule has 3 aromatic rings. The molecule has 3 rings (SSSR count). The number of ether oxygens (including phenoxy) is 1. The van der Waals surface area contributed by atoms with Crippen molar-refractivity contribution < 1.29 is 9.53 Å². The molecule has 0 saturated carbocycles. The summed E-state index contributed by atoms with van der Waals surface area (Å²) in [6.45, 7) is 0.918. The van der Waals surface area contributed by atoms with Crippen LogP contribution in [0.5, 0.6) is 5.75 Å². The Hall–Kier alpha value is -3.22. The van der Waals surface area contributed by atoms with Crippen LogP contribution in [0.4, 0.5) is 0 Å². The Balaban J connectivity index is 1.60. The number of carbonyl (C=O) groups excluding carboxylic acids is 1. The first-order valence-corrected chi connectivity index (χ1v) is 7.51. The zero-order valence-electron chi connectivity index (χ0n) is 13.2. The molecule has 0 aliphatic rings. The third-order valence-corrected chi connectivity index (χ3v) is 3.49. The highest BCUT2D eigenvalue weighted by molar-refractivity contribution is 5.94. The summed E-state index contributed by atoms with van der Waals surface area (Å²) in [5.74, 6) is 0.709. The van der Waals surface area contributed by atoms with Crippen LogP contribution in [0.2, 0.25) is 0 Å². The number of aromatic nitrogens is 4. The van der Waals surface area contributed by atoms with Gasteiger partial charge in [0.15, 0.2) is 0 Å². The fourth-order valence-electron chi connectivity index (χ4n) is 2.20. The van der Waals surface area contributed by atoms with Crippen LogP contribution < -0.4 is 4.74 Å². The summed E-state index contributed by atoms with van der Waals surface area (Å²) in [6.07, 6.45) is 1.49. The highest BCUT2D eigenvalue weighted by Crippen LogP contribution is 2.11. The quantitative estimate of drug-likeness (QED) is 0.692. The number of para-hydroxylation sites is 1. The van der Waals surface area contributed by atoms with E-state index in [1.54, 1.807) is 30.1 Å². The van der Waals surface area contributed by atoms with E-state index in [1.807, 2.05) is 36.4 Å². The Labute approximate surface area is 139 Å². The van der Waals surface area contributed by atoms with Gasteiger partial charge >= 0.3 is 0 Å². The Bertz CT molecular complexity index is 790. The first-order chi connectivity index (χ1) is 11.7. The monoisotopic (exact) mass is 323 g/mol. The number of tetrazole rings is 1. The van der Waals surface area contributed by atoms with Crippen molar-refractivity contribution >= 4 is 5.91 Å². The largest absolute Gasteiger partial charge is 0.492 e. The maximum atomic E-state index is 12.5. The normalized spacial score (nSPS) is 10.4. The van der Waals surface area contributed by atoms with Crippen LogP contribution in [0.25, 0.3) is 5.69 Å². The van der Waals surface area contributed by atoms with Crippen LogP contribution in [0.1, 0.15) is 10.4 Å². The summed E-state index contributed by atoms with van der Waals surface area (Å²) in [6, 6.07) is 16.7. The number of rotatable bonds is 6. The molecule has 0 atom stereocenters. The molecule has 1 heterocycles. The number of carbonyl (C=O) groups is 1. The fraction of sp³-hybridized carbons (Fsp3) is 0.176. The minimum Gasteiger partial charge on any atom is -0.492 e. The van der Waals surface area contributed by atoms with Crippen molar-refractivity contribution in [2.75, 3.05) is 20.2 Å². The highest BCUT2D eigenvalue weighted by Gasteiger charge is 2.12. The first kappa shape index (κ1) is 15.7. The number of nitrogens with zero attached hydrogens (tertiary/aromatic N) is 5. The Kier molecular flexibility index (Phi) is 4.81. The van der Waals surface area contributed by atoms with E-state index in [1.165, 1.54) is 11.0 Å². The second-order valence-corrected chi connectivity index (χ2v) is 5.19. The summed E-state index contributed by atoms with van der Waals surface area (Å²) >= 11 is 0. The Morgan fingerprint density at radius 1 is 1.17 bits per heavy atom. The first-order valence-electron chi connectivity index (χ1n) is 7.51. The lowest BCUT2D eigenvalue weighted by Crippen LogP contribution is -2.30. The average Bonchev–Trinajstić information content (AvgIpc) is 3.17. The molecule has 7 nitrogen and oxygen atoms in total.